The van der Waals surface area contributed by atoms with Crippen molar-refractivity contribution in [2.24, 2.45) is 5.84 Å². The smallest absolute Gasteiger partial charge is 0.317 e. The third-order valence-corrected chi connectivity index (χ3v) is 2.29. The number of ether oxygens (including phenoxy) is 2. The van der Waals surface area contributed by atoms with E-state index in [0.29, 0.717) is 11.3 Å². The zero-order chi connectivity index (χ0) is 14.3. The van der Waals surface area contributed by atoms with Crippen molar-refractivity contribution in [3.8, 4) is 17.6 Å². The molecule has 0 atom stereocenters. The summed E-state index contributed by atoms with van der Waals surface area (Å²) in [6.07, 6.45) is -0.0494. The van der Waals surface area contributed by atoms with Crippen LogP contribution in [-0.4, -0.2) is 26.1 Å². The third kappa shape index (κ3) is 4.01. The van der Waals surface area contributed by atoms with E-state index in [1.165, 1.54) is 20.3 Å². The largest absolute Gasteiger partial charge is 0.497 e. The van der Waals surface area contributed by atoms with Gasteiger partial charge in [-0.25, -0.2) is 5.84 Å². The molecule has 100 valence electrons. The maximum atomic E-state index is 11.6. The average Bonchev–Trinajstić information content (AvgIpc) is 2.46. The van der Waals surface area contributed by atoms with Crippen LogP contribution in [0.25, 0.3) is 0 Å². The Hall–Kier alpha value is -2.52. The Labute approximate surface area is 110 Å². The molecule has 0 aromatic heterocycles. The number of amides is 1. The highest BCUT2D eigenvalue weighted by Gasteiger charge is 2.10. The summed E-state index contributed by atoms with van der Waals surface area (Å²) in [5, 5.41) is 0. The normalized spacial score (nSPS) is 9.00. The van der Waals surface area contributed by atoms with E-state index in [1.807, 2.05) is 5.43 Å². The summed E-state index contributed by atoms with van der Waals surface area (Å²) >= 11 is 0. The minimum absolute atomic E-state index is 0.0494. The molecule has 3 N–H and O–H groups in total. The fraction of sp³-hybridized carbons (Fsp3) is 0.231. The lowest BCUT2D eigenvalue weighted by molar-refractivity contribution is -0.139. The molecular formula is C13H14N2O4. The van der Waals surface area contributed by atoms with Gasteiger partial charge in [0.15, 0.2) is 0 Å². The van der Waals surface area contributed by atoms with Crippen molar-refractivity contribution in [1.29, 1.82) is 0 Å². The number of methoxy groups -OCH3 is 2. The molecule has 1 amide bonds. The Balaban J connectivity index is 3.05. The van der Waals surface area contributed by atoms with Crippen LogP contribution in [-0.2, 0) is 9.53 Å². The standard InChI is InChI=1S/C13H14N2O4/c1-18-10-7-6-9(4-3-5-12(16)19-2)11(8-10)13(17)15-14/h6-8H,5,14H2,1-2H3,(H,15,17). The van der Waals surface area contributed by atoms with Gasteiger partial charge in [-0.15, -0.1) is 0 Å². The Bertz CT molecular complexity index is 543. The second-order valence-corrected chi connectivity index (χ2v) is 3.44. The van der Waals surface area contributed by atoms with Gasteiger partial charge in [0.25, 0.3) is 5.91 Å². The molecule has 0 aliphatic rings. The number of nitrogen functional groups attached to an aromatic ring is 1. The van der Waals surface area contributed by atoms with E-state index >= 15 is 0 Å². The molecule has 0 bridgehead atoms. The lowest BCUT2D eigenvalue weighted by atomic mass is 10.1. The summed E-state index contributed by atoms with van der Waals surface area (Å²) in [6.45, 7) is 0. The number of nitrogens with two attached hydrogens (primary N) is 1. The Morgan fingerprint density at radius 1 is 1.37 bits per heavy atom. The van der Waals surface area contributed by atoms with Crippen molar-refractivity contribution in [2.75, 3.05) is 14.2 Å². The first-order chi connectivity index (χ1) is 9.12. The van der Waals surface area contributed by atoms with Crippen LogP contribution >= 0.6 is 0 Å². The van der Waals surface area contributed by atoms with Crippen molar-refractivity contribution >= 4 is 11.9 Å². The summed E-state index contributed by atoms with van der Waals surface area (Å²) < 4.78 is 9.48. The number of carbonyl (C=O) groups excluding carboxylic acids is 2. The van der Waals surface area contributed by atoms with Gasteiger partial charge in [0.2, 0.25) is 0 Å². The predicted molar refractivity (Wildman–Crippen MR) is 68.2 cm³/mol. The van der Waals surface area contributed by atoms with Crippen molar-refractivity contribution < 1.29 is 19.1 Å². The van der Waals surface area contributed by atoms with Crippen molar-refractivity contribution in [1.82, 2.24) is 5.43 Å². The minimum Gasteiger partial charge on any atom is -0.497 e. The number of carbonyl (C=O) groups is 2. The molecule has 0 unspecified atom stereocenters. The maximum absolute atomic E-state index is 11.6. The zero-order valence-corrected chi connectivity index (χ0v) is 10.6. The molecule has 0 fully saturated rings. The predicted octanol–water partition coefficient (Wildman–Crippen LogP) is 0.213. The van der Waals surface area contributed by atoms with Gasteiger partial charge < -0.3 is 9.47 Å². The molecule has 0 heterocycles. The van der Waals surface area contributed by atoms with Crippen LogP contribution in [0.2, 0.25) is 0 Å². The molecule has 0 aliphatic heterocycles. The first-order valence-electron chi connectivity index (χ1n) is 5.37. The first-order valence-corrected chi connectivity index (χ1v) is 5.37. The van der Waals surface area contributed by atoms with Crippen LogP contribution in [0.1, 0.15) is 22.3 Å². The van der Waals surface area contributed by atoms with Crippen LogP contribution in [0, 0.1) is 11.8 Å². The van der Waals surface area contributed by atoms with Crippen LogP contribution in [0.3, 0.4) is 0 Å². The van der Waals surface area contributed by atoms with Gasteiger partial charge in [-0.3, -0.25) is 15.0 Å². The molecule has 1 rings (SSSR count). The fourth-order valence-corrected chi connectivity index (χ4v) is 1.31. The molecule has 19 heavy (non-hydrogen) atoms. The molecular weight excluding hydrogens is 248 g/mol. The summed E-state index contributed by atoms with van der Waals surface area (Å²) in [5.74, 6) is 10.0. The monoisotopic (exact) mass is 262 g/mol. The number of rotatable bonds is 3. The highest BCUT2D eigenvalue weighted by Crippen LogP contribution is 2.17. The van der Waals surface area contributed by atoms with Crippen LogP contribution < -0.4 is 16.0 Å². The number of hydrazine groups is 1. The number of benzene rings is 1. The van der Waals surface area contributed by atoms with Crippen LogP contribution in [0.5, 0.6) is 5.75 Å². The van der Waals surface area contributed by atoms with Gasteiger partial charge in [-0.05, 0) is 18.2 Å². The number of nitrogens with one attached hydrogen (secondary N) is 1. The van der Waals surface area contributed by atoms with Gasteiger partial charge in [0, 0.05) is 5.56 Å². The number of hydrogen-bond acceptors (Lipinski definition) is 5. The van der Waals surface area contributed by atoms with Crippen molar-refractivity contribution in [3.05, 3.63) is 29.3 Å². The molecule has 0 radical (unpaired) electrons. The number of hydrogen-bond donors (Lipinski definition) is 2. The van der Waals surface area contributed by atoms with Gasteiger partial charge in [0.1, 0.15) is 12.2 Å². The first kappa shape index (κ1) is 14.5. The Morgan fingerprint density at radius 3 is 2.68 bits per heavy atom. The van der Waals surface area contributed by atoms with Crippen LogP contribution in [0.15, 0.2) is 18.2 Å². The van der Waals surface area contributed by atoms with E-state index in [4.69, 9.17) is 10.6 Å². The molecule has 0 aliphatic carbocycles. The molecule has 6 heteroatoms. The molecule has 0 spiro atoms. The Morgan fingerprint density at radius 2 is 2.11 bits per heavy atom. The van der Waals surface area contributed by atoms with Gasteiger partial charge in [-0.2, -0.15) is 0 Å². The summed E-state index contributed by atoms with van der Waals surface area (Å²) in [5.41, 5.74) is 2.76. The molecule has 1 aromatic rings. The van der Waals surface area contributed by atoms with Crippen LogP contribution in [0.4, 0.5) is 0 Å². The highest BCUT2D eigenvalue weighted by molar-refractivity contribution is 5.96. The van der Waals surface area contributed by atoms with Gasteiger partial charge >= 0.3 is 5.97 Å². The lowest BCUT2D eigenvalue weighted by Crippen LogP contribution is -2.30. The fourth-order valence-electron chi connectivity index (χ4n) is 1.31. The quantitative estimate of drug-likeness (QED) is 0.267. The SMILES string of the molecule is COC(=O)CC#Cc1ccc(OC)cc1C(=O)NN. The van der Waals surface area contributed by atoms with Crippen molar-refractivity contribution in [3.63, 3.8) is 0 Å². The Kier molecular flexibility index (Phi) is 5.38. The van der Waals surface area contributed by atoms with E-state index in [-0.39, 0.29) is 12.0 Å². The highest BCUT2D eigenvalue weighted by atomic mass is 16.5. The molecule has 0 saturated heterocycles. The molecule has 6 nitrogen and oxygen atoms in total. The molecule has 1 aromatic carbocycles. The maximum Gasteiger partial charge on any atom is 0.317 e. The van der Waals surface area contributed by atoms with E-state index in [0.717, 1.165) is 0 Å². The van der Waals surface area contributed by atoms with E-state index < -0.39 is 11.9 Å². The van der Waals surface area contributed by atoms with Crippen molar-refractivity contribution in [2.45, 2.75) is 6.42 Å². The van der Waals surface area contributed by atoms with E-state index in [1.54, 1.807) is 12.1 Å². The topological polar surface area (TPSA) is 90.6 Å². The van der Waals surface area contributed by atoms with Gasteiger partial charge in [-0.1, -0.05) is 11.8 Å². The minimum atomic E-state index is -0.485. The summed E-state index contributed by atoms with van der Waals surface area (Å²) in [4.78, 5) is 22.5. The summed E-state index contributed by atoms with van der Waals surface area (Å²) in [6, 6.07) is 4.80. The van der Waals surface area contributed by atoms with E-state index in [9.17, 15) is 9.59 Å². The number of esters is 1. The van der Waals surface area contributed by atoms with E-state index in [2.05, 4.69) is 16.6 Å². The lowest BCUT2D eigenvalue weighted by Gasteiger charge is -2.06. The summed E-state index contributed by atoms with van der Waals surface area (Å²) in [7, 11) is 2.77. The third-order valence-electron chi connectivity index (χ3n) is 2.29. The second kappa shape index (κ2) is 7.03. The zero-order valence-electron chi connectivity index (χ0n) is 10.6. The average molecular weight is 262 g/mol. The van der Waals surface area contributed by atoms with Gasteiger partial charge in [0.05, 0.1) is 19.8 Å². The molecule has 0 saturated carbocycles. The second-order valence-electron chi connectivity index (χ2n) is 3.44.